The lowest BCUT2D eigenvalue weighted by Gasteiger charge is -2.20. The second kappa shape index (κ2) is 13.8. The minimum Gasteiger partial charge on any atom is -0.355 e. The van der Waals surface area contributed by atoms with E-state index in [1.165, 1.54) is 0 Å². The van der Waals surface area contributed by atoms with Crippen LogP contribution in [-0.2, 0) is 16.1 Å². The lowest BCUT2D eigenvalue weighted by molar-refractivity contribution is -0.130. The molecule has 5 heteroatoms. The van der Waals surface area contributed by atoms with Crippen molar-refractivity contribution in [2.45, 2.75) is 46.2 Å². The summed E-state index contributed by atoms with van der Waals surface area (Å²) >= 11 is 0. The molecule has 130 valence electrons. The summed E-state index contributed by atoms with van der Waals surface area (Å²) in [6, 6.07) is 10.2. The predicted molar refractivity (Wildman–Crippen MR) is 95.0 cm³/mol. The second-order valence-corrected chi connectivity index (χ2v) is 5.09. The molecule has 1 aliphatic rings. The summed E-state index contributed by atoms with van der Waals surface area (Å²) in [6.45, 7) is 8.15. The highest BCUT2D eigenvalue weighted by Gasteiger charge is 2.23. The number of nitrogens with one attached hydrogen (secondary N) is 2. The first kappa shape index (κ1) is 21.1. The molecule has 1 aromatic rings. The number of amides is 2. The Morgan fingerprint density at radius 1 is 1.30 bits per heavy atom. The van der Waals surface area contributed by atoms with Gasteiger partial charge in [0.25, 0.3) is 0 Å². The van der Waals surface area contributed by atoms with Crippen molar-refractivity contribution in [3.8, 4) is 0 Å². The third-order valence-corrected chi connectivity index (χ3v) is 3.43. The fourth-order valence-corrected chi connectivity index (χ4v) is 2.31. The normalized spacial score (nSPS) is 15.7. The molecular formula is C18H31N3O2. The zero-order chi connectivity index (χ0) is 17.5. The number of likely N-dealkylation sites (tertiary alicyclic amines) is 1. The van der Waals surface area contributed by atoms with Crippen molar-refractivity contribution < 1.29 is 9.59 Å². The maximum Gasteiger partial charge on any atom is 0.236 e. The van der Waals surface area contributed by atoms with Crippen LogP contribution in [0.5, 0.6) is 0 Å². The molecule has 0 aliphatic carbocycles. The van der Waals surface area contributed by atoms with Crippen molar-refractivity contribution in [1.82, 2.24) is 15.5 Å². The summed E-state index contributed by atoms with van der Waals surface area (Å²) in [5.74, 6) is 0.234. The Kier molecular flexibility index (Phi) is 12.6. The van der Waals surface area contributed by atoms with Gasteiger partial charge in [-0.05, 0) is 32.4 Å². The van der Waals surface area contributed by atoms with Crippen LogP contribution in [0.4, 0.5) is 0 Å². The highest BCUT2D eigenvalue weighted by atomic mass is 16.2. The molecule has 23 heavy (non-hydrogen) atoms. The first-order valence-electron chi connectivity index (χ1n) is 8.34. The van der Waals surface area contributed by atoms with Crippen LogP contribution >= 0.6 is 0 Å². The third-order valence-electron chi connectivity index (χ3n) is 3.43. The van der Waals surface area contributed by atoms with Crippen LogP contribution in [0.2, 0.25) is 0 Å². The molecule has 2 N–H and O–H groups in total. The number of carbonyl (C=O) groups is 2. The van der Waals surface area contributed by atoms with Gasteiger partial charge in [-0.15, -0.1) is 0 Å². The van der Waals surface area contributed by atoms with Crippen molar-refractivity contribution in [3.63, 3.8) is 0 Å². The van der Waals surface area contributed by atoms with Crippen LogP contribution in [0.3, 0.4) is 0 Å². The molecule has 0 radical (unpaired) electrons. The van der Waals surface area contributed by atoms with E-state index in [4.69, 9.17) is 0 Å². The molecule has 0 saturated carbocycles. The summed E-state index contributed by atoms with van der Waals surface area (Å²) in [5, 5.41) is 5.46. The van der Waals surface area contributed by atoms with Gasteiger partial charge in [-0.1, -0.05) is 44.2 Å². The minimum atomic E-state index is 0.234. The molecule has 0 spiro atoms. The number of carbonyl (C=O) groups excluding carboxylic acids is 2. The lowest BCUT2D eigenvalue weighted by Crippen LogP contribution is -2.38. The first-order valence-corrected chi connectivity index (χ1v) is 8.34. The number of nitrogens with zero attached hydrogens (tertiary/aromatic N) is 1. The fraction of sp³-hybridized carbons (Fsp3) is 0.556. The monoisotopic (exact) mass is 321 g/mol. The molecule has 1 fully saturated rings. The highest BCUT2D eigenvalue weighted by molar-refractivity contribution is 5.78. The zero-order valence-electron chi connectivity index (χ0n) is 14.8. The molecule has 1 saturated heterocycles. The van der Waals surface area contributed by atoms with Gasteiger partial charge in [0.05, 0.1) is 6.54 Å². The van der Waals surface area contributed by atoms with Crippen LogP contribution in [0.15, 0.2) is 30.3 Å². The van der Waals surface area contributed by atoms with Crippen LogP contribution in [-0.4, -0.2) is 43.4 Å². The molecule has 1 aromatic carbocycles. The summed E-state index contributed by atoms with van der Waals surface area (Å²) < 4.78 is 0. The molecule has 2 amide bonds. The molecule has 0 bridgehead atoms. The van der Waals surface area contributed by atoms with Gasteiger partial charge < -0.3 is 15.5 Å². The van der Waals surface area contributed by atoms with Gasteiger partial charge >= 0.3 is 0 Å². The molecule has 1 aliphatic heterocycles. The van der Waals surface area contributed by atoms with E-state index in [0.29, 0.717) is 25.5 Å². The molecule has 1 atom stereocenters. The van der Waals surface area contributed by atoms with Gasteiger partial charge in [0.2, 0.25) is 12.3 Å². The molecule has 2 rings (SSSR count). The largest absolute Gasteiger partial charge is 0.355 e. The number of rotatable bonds is 5. The van der Waals surface area contributed by atoms with E-state index in [9.17, 15) is 9.59 Å². The Hall–Kier alpha value is -1.88. The molecule has 0 aromatic heterocycles. The summed E-state index contributed by atoms with van der Waals surface area (Å²) in [7, 11) is 1.80. The number of likely N-dealkylation sites (N-methyl/N-ethyl adjacent to an activating group) is 1. The van der Waals surface area contributed by atoms with Gasteiger partial charge in [0, 0.05) is 19.1 Å². The average molecular weight is 321 g/mol. The predicted octanol–water partition coefficient (Wildman–Crippen LogP) is 2.18. The first-order chi connectivity index (χ1) is 11.2. The highest BCUT2D eigenvalue weighted by Crippen LogP contribution is 2.15. The van der Waals surface area contributed by atoms with Crippen molar-refractivity contribution in [2.75, 3.05) is 20.1 Å². The lowest BCUT2D eigenvalue weighted by atomic mass is 10.2. The smallest absolute Gasteiger partial charge is 0.236 e. The topological polar surface area (TPSA) is 61.4 Å². The van der Waals surface area contributed by atoms with Gasteiger partial charge in [-0.2, -0.15) is 0 Å². The standard InChI is InChI=1S/C8H16N2O.C8H9NO.C2H6/c1-7-4-3-5-10(7)8(11)6-9-2;10-7-9-6-8-4-2-1-3-5-8;1-2/h7,9H,3-6H2,1-2H3;1-5,7H,6H2,(H,9,10);1-2H3. The Morgan fingerprint density at radius 3 is 2.43 bits per heavy atom. The molecule has 5 nitrogen and oxygen atoms in total. The third kappa shape index (κ3) is 8.98. The van der Waals surface area contributed by atoms with E-state index < -0.39 is 0 Å². The van der Waals surface area contributed by atoms with Crippen molar-refractivity contribution >= 4 is 12.3 Å². The molecular weight excluding hydrogens is 290 g/mol. The van der Waals surface area contributed by atoms with E-state index in [-0.39, 0.29) is 5.91 Å². The van der Waals surface area contributed by atoms with E-state index in [1.54, 1.807) is 7.05 Å². The van der Waals surface area contributed by atoms with E-state index in [1.807, 2.05) is 49.1 Å². The van der Waals surface area contributed by atoms with Crippen LogP contribution in [0.1, 0.15) is 39.2 Å². The van der Waals surface area contributed by atoms with E-state index in [0.717, 1.165) is 24.9 Å². The van der Waals surface area contributed by atoms with Gasteiger partial charge in [-0.3, -0.25) is 9.59 Å². The maximum atomic E-state index is 11.3. The fourth-order valence-electron chi connectivity index (χ4n) is 2.31. The summed E-state index contributed by atoms with van der Waals surface area (Å²) in [5.41, 5.74) is 1.12. The van der Waals surface area contributed by atoms with Crippen molar-refractivity contribution in [1.29, 1.82) is 0 Å². The Balaban J connectivity index is 0.000000381. The number of hydrogen-bond acceptors (Lipinski definition) is 3. The zero-order valence-corrected chi connectivity index (χ0v) is 14.8. The Morgan fingerprint density at radius 2 is 1.96 bits per heavy atom. The quantitative estimate of drug-likeness (QED) is 0.817. The second-order valence-electron chi connectivity index (χ2n) is 5.09. The molecule has 1 heterocycles. The van der Waals surface area contributed by atoms with Crippen LogP contribution in [0, 0.1) is 0 Å². The maximum absolute atomic E-state index is 11.3. The average Bonchev–Trinajstić information content (AvgIpc) is 3.03. The van der Waals surface area contributed by atoms with E-state index in [2.05, 4.69) is 17.6 Å². The number of benzene rings is 1. The van der Waals surface area contributed by atoms with Crippen LogP contribution < -0.4 is 10.6 Å². The minimum absolute atomic E-state index is 0.234. The summed E-state index contributed by atoms with van der Waals surface area (Å²) in [6.07, 6.45) is 3.03. The van der Waals surface area contributed by atoms with Crippen molar-refractivity contribution in [2.24, 2.45) is 0 Å². The number of hydrogen-bond donors (Lipinski definition) is 2. The molecule has 1 unspecified atom stereocenters. The Bertz CT molecular complexity index is 424. The summed E-state index contributed by atoms with van der Waals surface area (Å²) in [4.78, 5) is 23.1. The van der Waals surface area contributed by atoms with Crippen molar-refractivity contribution in [3.05, 3.63) is 35.9 Å². The SMILES string of the molecule is CC.CNCC(=O)N1CCCC1C.O=CNCc1ccccc1. The van der Waals surface area contributed by atoms with E-state index >= 15 is 0 Å². The Labute approximate surface area is 140 Å². The van der Waals surface area contributed by atoms with Gasteiger partial charge in [-0.25, -0.2) is 0 Å². The van der Waals surface area contributed by atoms with Gasteiger partial charge in [0.15, 0.2) is 0 Å². The van der Waals surface area contributed by atoms with Crippen LogP contribution in [0.25, 0.3) is 0 Å². The van der Waals surface area contributed by atoms with Gasteiger partial charge in [0.1, 0.15) is 0 Å².